The van der Waals surface area contributed by atoms with Crippen LogP contribution in [0.4, 0.5) is 28.7 Å². The minimum Gasteiger partial charge on any atom is -0.354 e. The van der Waals surface area contributed by atoms with Gasteiger partial charge in [0.1, 0.15) is 11.6 Å². The van der Waals surface area contributed by atoms with Gasteiger partial charge in [-0.05, 0) is 41.8 Å². The van der Waals surface area contributed by atoms with Crippen LogP contribution in [-0.4, -0.2) is 22.4 Å². The predicted octanol–water partition coefficient (Wildman–Crippen LogP) is 5.54. The van der Waals surface area contributed by atoms with E-state index in [1.54, 1.807) is 13.1 Å². The van der Waals surface area contributed by atoms with Crippen LogP contribution in [0.15, 0.2) is 85.2 Å². The third-order valence-electron chi connectivity index (χ3n) is 5.54. The van der Waals surface area contributed by atoms with Gasteiger partial charge in [-0.3, -0.25) is 4.79 Å². The molecule has 0 saturated heterocycles. The smallest absolute Gasteiger partial charge is 0.223 e. The van der Waals surface area contributed by atoms with Crippen LogP contribution in [0.5, 0.6) is 0 Å². The second-order valence-corrected chi connectivity index (χ2v) is 7.71. The SMILES string of the molecule is CC(=O)N1CCc2cccc(Nc3ccnc(Nc4ccc(-c5ccccc5)cn4)c3)c21. The molecule has 32 heavy (non-hydrogen) atoms. The topological polar surface area (TPSA) is 70.2 Å². The molecular formula is C26H23N5O. The van der Waals surface area contributed by atoms with E-state index in [1.807, 2.05) is 65.7 Å². The summed E-state index contributed by atoms with van der Waals surface area (Å²) in [4.78, 5) is 22.8. The van der Waals surface area contributed by atoms with Gasteiger partial charge in [0, 0.05) is 43.2 Å². The molecule has 2 aromatic heterocycles. The van der Waals surface area contributed by atoms with Gasteiger partial charge in [0.25, 0.3) is 0 Å². The maximum absolute atomic E-state index is 12.1. The summed E-state index contributed by atoms with van der Waals surface area (Å²) in [6.07, 6.45) is 4.47. The molecule has 0 atom stereocenters. The van der Waals surface area contributed by atoms with Gasteiger partial charge in [-0.1, -0.05) is 42.5 Å². The van der Waals surface area contributed by atoms with E-state index in [-0.39, 0.29) is 5.91 Å². The van der Waals surface area contributed by atoms with Gasteiger partial charge in [-0.15, -0.1) is 0 Å². The third kappa shape index (κ3) is 4.03. The first-order chi connectivity index (χ1) is 15.7. The molecule has 0 bridgehead atoms. The van der Waals surface area contributed by atoms with Crippen molar-refractivity contribution in [2.75, 3.05) is 22.1 Å². The van der Waals surface area contributed by atoms with Crippen molar-refractivity contribution in [3.63, 3.8) is 0 Å². The fraction of sp³-hybridized carbons (Fsp3) is 0.115. The monoisotopic (exact) mass is 421 g/mol. The van der Waals surface area contributed by atoms with Crippen LogP contribution in [0, 0.1) is 0 Å². The van der Waals surface area contributed by atoms with E-state index in [2.05, 4.69) is 38.8 Å². The molecule has 0 fully saturated rings. The van der Waals surface area contributed by atoms with Crippen LogP contribution < -0.4 is 15.5 Å². The summed E-state index contributed by atoms with van der Waals surface area (Å²) in [5.74, 6) is 1.46. The molecule has 1 amide bonds. The molecular weight excluding hydrogens is 398 g/mol. The molecule has 6 nitrogen and oxygen atoms in total. The highest BCUT2D eigenvalue weighted by Gasteiger charge is 2.25. The van der Waals surface area contributed by atoms with E-state index < -0.39 is 0 Å². The summed E-state index contributed by atoms with van der Waals surface area (Å²) < 4.78 is 0. The molecule has 4 aromatic rings. The number of nitrogens with zero attached hydrogens (tertiary/aromatic N) is 3. The van der Waals surface area contributed by atoms with Crippen molar-refractivity contribution in [2.24, 2.45) is 0 Å². The quantitative estimate of drug-likeness (QED) is 0.443. The highest BCUT2D eigenvalue weighted by molar-refractivity contribution is 5.98. The number of nitrogens with one attached hydrogen (secondary N) is 2. The lowest BCUT2D eigenvalue weighted by Crippen LogP contribution is -2.26. The Morgan fingerprint density at radius 3 is 2.53 bits per heavy atom. The zero-order valence-electron chi connectivity index (χ0n) is 17.7. The summed E-state index contributed by atoms with van der Waals surface area (Å²) in [6, 6.07) is 24.1. The van der Waals surface area contributed by atoms with Crippen molar-refractivity contribution in [3.8, 4) is 11.1 Å². The van der Waals surface area contributed by atoms with Gasteiger partial charge in [-0.2, -0.15) is 0 Å². The van der Waals surface area contributed by atoms with E-state index in [0.717, 1.165) is 47.0 Å². The third-order valence-corrected chi connectivity index (χ3v) is 5.54. The van der Waals surface area contributed by atoms with Crippen molar-refractivity contribution >= 4 is 34.6 Å². The number of anilines is 5. The minimum atomic E-state index is 0.0557. The van der Waals surface area contributed by atoms with Gasteiger partial charge in [0.2, 0.25) is 5.91 Å². The summed E-state index contributed by atoms with van der Waals surface area (Å²) in [5.41, 5.74) is 6.13. The highest BCUT2D eigenvalue weighted by atomic mass is 16.2. The molecule has 0 unspecified atom stereocenters. The Morgan fingerprint density at radius 2 is 1.75 bits per heavy atom. The van der Waals surface area contributed by atoms with E-state index in [9.17, 15) is 4.79 Å². The maximum Gasteiger partial charge on any atom is 0.223 e. The van der Waals surface area contributed by atoms with Gasteiger partial charge in [-0.25, -0.2) is 9.97 Å². The Hall–Kier alpha value is -4.19. The molecule has 158 valence electrons. The average Bonchev–Trinajstić information content (AvgIpc) is 3.26. The largest absolute Gasteiger partial charge is 0.354 e. The van der Waals surface area contributed by atoms with E-state index in [4.69, 9.17) is 0 Å². The zero-order valence-corrected chi connectivity index (χ0v) is 17.7. The molecule has 0 aliphatic carbocycles. The summed E-state index contributed by atoms with van der Waals surface area (Å²) in [6.45, 7) is 2.33. The molecule has 0 saturated carbocycles. The molecule has 0 spiro atoms. The maximum atomic E-state index is 12.1. The Balaban J connectivity index is 1.34. The first kappa shape index (κ1) is 19.8. The Labute approximate surface area is 187 Å². The normalized spacial score (nSPS) is 12.3. The van der Waals surface area contributed by atoms with Crippen LogP contribution in [-0.2, 0) is 11.2 Å². The zero-order chi connectivity index (χ0) is 21.9. The number of hydrogen-bond donors (Lipinski definition) is 2. The van der Waals surface area contributed by atoms with E-state index in [0.29, 0.717) is 5.82 Å². The molecule has 0 radical (unpaired) electrons. The molecule has 6 heteroatoms. The number of para-hydroxylation sites is 1. The number of amides is 1. The van der Waals surface area contributed by atoms with Crippen molar-refractivity contribution in [2.45, 2.75) is 13.3 Å². The number of carbonyl (C=O) groups excluding carboxylic acids is 1. The molecule has 2 N–H and O–H groups in total. The highest BCUT2D eigenvalue weighted by Crippen LogP contribution is 2.37. The Kier molecular flexibility index (Phi) is 5.25. The lowest BCUT2D eigenvalue weighted by Gasteiger charge is -2.19. The average molecular weight is 422 g/mol. The molecule has 1 aliphatic heterocycles. The number of pyridine rings is 2. The van der Waals surface area contributed by atoms with Crippen molar-refractivity contribution in [1.29, 1.82) is 0 Å². The Morgan fingerprint density at radius 1 is 0.875 bits per heavy atom. The summed E-state index contributed by atoms with van der Waals surface area (Å²) in [7, 11) is 0. The molecule has 1 aliphatic rings. The number of aromatic nitrogens is 2. The van der Waals surface area contributed by atoms with Crippen LogP contribution in [0.25, 0.3) is 11.1 Å². The van der Waals surface area contributed by atoms with E-state index in [1.165, 1.54) is 5.56 Å². The first-order valence-corrected chi connectivity index (χ1v) is 10.6. The minimum absolute atomic E-state index is 0.0557. The molecule has 3 heterocycles. The summed E-state index contributed by atoms with van der Waals surface area (Å²) in [5, 5.41) is 6.71. The van der Waals surface area contributed by atoms with Crippen LogP contribution in [0.1, 0.15) is 12.5 Å². The molecule has 5 rings (SSSR count). The molecule has 2 aromatic carbocycles. The van der Waals surface area contributed by atoms with Crippen molar-refractivity contribution < 1.29 is 4.79 Å². The predicted molar refractivity (Wildman–Crippen MR) is 129 cm³/mol. The number of rotatable bonds is 5. The Bertz CT molecular complexity index is 1250. The van der Waals surface area contributed by atoms with Crippen molar-refractivity contribution in [3.05, 3.63) is 90.8 Å². The second kappa shape index (κ2) is 8.51. The fourth-order valence-electron chi connectivity index (χ4n) is 4.00. The van der Waals surface area contributed by atoms with Gasteiger partial charge < -0.3 is 15.5 Å². The number of hydrogen-bond acceptors (Lipinski definition) is 5. The van der Waals surface area contributed by atoms with Gasteiger partial charge >= 0.3 is 0 Å². The van der Waals surface area contributed by atoms with Crippen LogP contribution in [0.2, 0.25) is 0 Å². The first-order valence-electron chi connectivity index (χ1n) is 10.6. The fourth-order valence-corrected chi connectivity index (χ4v) is 4.00. The summed E-state index contributed by atoms with van der Waals surface area (Å²) >= 11 is 0. The van der Waals surface area contributed by atoms with Crippen LogP contribution >= 0.6 is 0 Å². The second-order valence-electron chi connectivity index (χ2n) is 7.71. The van der Waals surface area contributed by atoms with Gasteiger partial charge in [0.15, 0.2) is 0 Å². The number of benzene rings is 2. The van der Waals surface area contributed by atoms with Gasteiger partial charge in [0.05, 0.1) is 11.4 Å². The van der Waals surface area contributed by atoms with E-state index >= 15 is 0 Å². The number of fused-ring (bicyclic) bond motifs is 1. The standard InChI is InChI=1S/C26H23N5O/c1-18(32)31-15-13-20-8-5-9-23(26(20)31)29-22-12-14-27-25(16-22)30-24-11-10-21(17-28-24)19-6-3-2-4-7-19/h2-12,14,16-17H,13,15H2,1H3,(H2,27,28,29,30). The van der Waals surface area contributed by atoms with Crippen molar-refractivity contribution in [1.82, 2.24) is 9.97 Å². The lowest BCUT2D eigenvalue weighted by molar-refractivity contribution is -0.116. The lowest BCUT2D eigenvalue weighted by atomic mass is 10.1. The number of carbonyl (C=O) groups is 1. The van der Waals surface area contributed by atoms with Crippen LogP contribution in [0.3, 0.4) is 0 Å².